The summed E-state index contributed by atoms with van der Waals surface area (Å²) in [6, 6.07) is 12.9. The average molecular weight is 369 g/mol. The fourth-order valence-corrected chi connectivity index (χ4v) is 2.89. The van der Waals surface area contributed by atoms with E-state index in [1.807, 2.05) is 12.1 Å². The molecule has 0 bridgehead atoms. The van der Waals surface area contributed by atoms with Crippen molar-refractivity contribution in [1.29, 1.82) is 0 Å². The molecule has 2 aromatic rings. The molecule has 24 heavy (non-hydrogen) atoms. The quantitative estimate of drug-likeness (QED) is 0.692. The second-order valence-corrected chi connectivity index (χ2v) is 7.03. The highest BCUT2D eigenvalue weighted by Gasteiger charge is 2.19. The van der Waals surface area contributed by atoms with Crippen LogP contribution in [0.1, 0.15) is 25.3 Å². The van der Waals surface area contributed by atoms with E-state index in [1.165, 1.54) is 24.3 Å². The first-order valence-electron chi connectivity index (χ1n) is 7.35. The van der Waals surface area contributed by atoms with Crippen molar-refractivity contribution >= 4 is 27.7 Å². The highest BCUT2D eigenvalue weighted by atomic mass is 35.5. The molecule has 0 spiro atoms. The largest absolute Gasteiger partial charge is 0.489 e. The molecule has 0 aliphatic heterocycles. The molecular formula is C17H17ClO5S. The Morgan fingerprint density at radius 2 is 1.67 bits per heavy atom. The lowest BCUT2D eigenvalue weighted by molar-refractivity contribution is -0.133. The van der Waals surface area contributed by atoms with Gasteiger partial charge in [-0.25, -0.2) is 0 Å². The first-order chi connectivity index (χ1) is 11.4. The van der Waals surface area contributed by atoms with Crippen molar-refractivity contribution in [2.24, 2.45) is 0 Å². The van der Waals surface area contributed by atoms with Gasteiger partial charge in [-0.1, -0.05) is 30.7 Å². The molecule has 0 aromatic heterocycles. The van der Waals surface area contributed by atoms with Crippen LogP contribution in [0.3, 0.4) is 0 Å². The van der Waals surface area contributed by atoms with Crippen molar-refractivity contribution in [3.8, 4) is 5.75 Å². The summed E-state index contributed by atoms with van der Waals surface area (Å²) in [6.45, 7) is 2.09. The van der Waals surface area contributed by atoms with Crippen LogP contribution in [-0.4, -0.2) is 14.4 Å². The van der Waals surface area contributed by atoms with E-state index in [9.17, 15) is 13.2 Å². The van der Waals surface area contributed by atoms with Crippen molar-refractivity contribution in [2.45, 2.75) is 31.3 Å². The predicted molar refractivity (Wildman–Crippen MR) is 90.4 cm³/mol. The van der Waals surface area contributed by atoms with Crippen molar-refractivity contribution in [1.82, 2.24) is 0 Å². The number of halogens is 1. The minimum Gasteiger partial charge on any atom is -0.489 e. The highest BCUT2D eigenvalue weighted by Crippen LogP contribution is 2.19. The number of rotatable bonds is 7. The van der Waals surface area contributed by atoms with Crippen molar-refractivity contribution in [3.63, 3.8) is 0 Å². The Balaban J connectivity index is 1.99. The molecule has 5 nitrogen and oxygen atoms in total. The monoisotopic (exact) mass is 368 g/mol. The maximum atomic E-state index is 11.9. The molecule has 0 saturated heterocycles. The molecule has 128 valence electrons. The number of hydrogen-bond donors (Lipinski definition) is 0. The van der Waals surface area contributed by atoms with Crippen LogP contribution in [0.25, 0.3) is 0 Å². The molecule has 0 atom stereocenters. The Morgan fingerprint density at radius 3 is 2.25 bits per heavy atom. The molecule has 0 heterocycles. The SMILES string of the molecule is CCCC(=O)OS(=O)(=O)c1ccc(OCc2ccc(Cl)cc2)cc1. The lowest BCUT2D eigenvalue weighted by atomic mass is 10.2. The van der Waals surface area contributed by atoms with E-state index in [-0.39, 0.29) is 11.3 Å². The molecule has 0 aliphatic rings. The second-order valence-electron chi connectivity index (χ2n) is 5.05. The lowest BCUT2D eigenvalue weighted by Gasteiger charge is -2.08. The van der Waals surface area contributed by atoms with E-state index in [1.54, 1.807) is 19.1 Å². The van der Waals surface area contributed by atoms with Gasteiger partial charge in [0.25, 0.3) is 0 Å². The Labute approximate surface area is 146 Å². The van der Waals surface area contributed by atoms with Crippen molar-refractivity contribution in [3.05, 3.63) is 59.1 Å². The summed E-state index contributed by atoms with van der Waals surface area (Å²) in [7, 11) is -4.09. The third-order valence-corrected chi connectivity index (χ3v) is 4.59. The normalized spacial score (nSPS) is 11.1. The van der Waals surface area contributed by atoms with Gasteiger partial charge in [0.15, 0.2) is 0 Å². The Kier molecular flexibility index (Phi) is 6.23. The van der Waals surface area contributed by atoms with E-state index >= 15 is 0 Å². The van der Waals surface area contributed by atoms with Gasteiger partial charge in [-0.05, 0) is 48.4 Å². The van der Waals surface area contributed by atoms with E-state index in [0.717, 1.165) is 5.56 Å². The molecule has 0 N–H and O–H groups in total. The van der Waals surface area contributed by atoms with Crippen LogP contribution in [0.15, 0.2) is 53.4 Å². The van der Waals surface area contributed by atoms with Crippen LogP contribution < -0.4 is 4.74 Å². The summed E-state index contributed by atoms with van der Waals surface area (Å²) < 4.78 is 34.0. The summed E-state index contributed by atoms with van der Waals surface area (Å²) in [6.07, 6.45) is 0.577. The van der Waals surface area contributed by atoms with E-state index in [4.69, 9.17) is 16.3 Å². The molecule has 0 fully saturated rings. The summed E-state index contributed by atoms with van der Waals surface area (Å²) in [5, 5.41) is 0.644. The van der Waals surface area contributed by atoms with Crippen molar-refractivity contribution in [2.75, 3.05) is 0 Å². The third-order valence-electron chi connectivity index (χ3n) is 3.09. The molecule has 2 rings (SSSR count). The van der Waals surface area contributed by atoms with Crippen LogP contribution in [-0.2, 0) is 25.7 Å². The predicted octanol–water partition coefficient (Wildman–Crippen LogP) is 3.95. The van der Waals surface area contributed by atoms with Gasteiger partial charge in [0.1, 0.15) is 17.3 Å². The van der Waals surface area contributed by atoms with Crippen LogP contribution >= 0.6 is 11.6 Å². The van der Waals surface area contributed by atoms with Crippen LogP contribution in [0, 0.1) is 0 Å². The first kappa shape index (κ1) is 18.3. The molecule has 2 aromatic carbocycles. The molecular weight excluding hydrogens is 352 g/mol. The summed E-state index contributed by atoms with van der Waals surface area (Å²) in [5.74, 6) is -0.260. The van der Waals surface area contributed by atoms with Gasteiger partial charge in [0.05, 0.1) is 0 Å². The Bertz CT molecular complexity index is 783. The minimum absolute atomic E-state index is 0.0571. The maximum absolute atomic E-state index is 11.9. The Morgan fingerprint density at radius 1 is 1.04 bits per heavy atom. The number of carbonyl (C=O) groups is 1. The zero-order chi connectivity index (χ0) is 17.6. The number of benzene rings is 2. The fraction of sp³-hybridized carbons (Fsp3) is 0.235. The van der Waals surface area contributed by atoms with Crippen LogP contribution in [0.5, 0.6) is 5.75 Å². The van der Waals surface area contributed by atoms with Gasteiger partial charge in [0.2, 0.25) is 0 Å². The van der Waals surface area contributed by atoms with Gasteiger partial charge in [0, 0.05) is 11.4 Å². The molecule has 0 aliphatic carbocycles. The summed E-state index contributed by atoms with van der Waals surface area (Å²) >= 11 is 5.81. The lowest BCUT2D eigenvalue weighted by Crippen LogP contribution is -2.12. The van der Waals surface area contributed by atoms with Gasteiger partial charge < -0.3 is 8.92 Å². The minimum atomic E-state index is -4.09. The van der Waals surface area contributed by atoms with E-state index in [0.29, 0.717) is 23.8 Å². The number of hydrogen-bond acceptors (Lipinski definition) is 5. The number of carbonyl (C=O) groups excluding carboxylic acids is 1. The second kappa shape index (κ2) is 8.17. The van der Waals surface area contributed by atoms with Crippen LogP contribution in [0.2, 0.25) is 5.02 Å². The standard InChI is InChI=1S/C17H17ClO5S/c1-2-3-17(19)23-24(20,21)16-10-8-15(9-11-16)22-12-13-4-6-14(18)7-5-13/h4-11H,2-3,12H2,1H3. The van der Waals surface area contributed by atoms with E-state index in [2.05, 4.69) is 4.18 Å². The topological polar surface area (TPSA) is 69.7 Å². The smallest absolute Gasteiger partial charge is 0.341 e. The molecule has 7 heteroatoms. The van der Waals surface area contributed by atoms with E-state index < -0.39 is 16.1 Å². The molecule has 0 radical (unpaired) electrons. The highest BCUT2D eigenvalue weighted by molar-refractivity contribution is 7.87. The summed E-state index contributed by atoms with van der Waals surface area (Å²) in [4.78, 5) is 11.3. The van der Waals surface area contributed by atoms with Gasteiger partial charge >= 0.3 is 16.1 Å². The fourth-order valence-electron chi connectivity index (χ4n) is 1.87. The van der Waals surface area contributed by atoms with Gasteiger partial charge in [-0.2, -0.15) is 8.42 Å². The maximum Gasteiger partial charge on any atom is 0.341 e. The van der Waals surface area contributed by atoms with Gasteiger partial charge in [-0.3, -0.25) is 4.79 Å². The first-order valence-corrected chi connectivity index (χ1v) is 9.14. The third kappa shape index (κ3) is 5.25. The number of ether oxygens (including phenoxy) is 1. The summed E-state index contributed by atoms with van der Waals surface area (Å²) in [5.41, 5.74) is 0.935. The molecule has 0 saturated carbocycles. The van der Waals surface area contributed by atoms with Crippen LogP contribution in [0.4, 0.5) is 0 Å². The molecule has 0 unspecified atom stereocenters. The zero-order valence-electron chi connectivity index (χ0n) is 13.1. The average Bonchev–Trinajstić information content (AvgIpc) is 2.54. The van der Waals surface area contributed by atoms with Gasteiger partial charge in [-0.15, -0.1) is 0 Å². The zero-order valence-corrected chi connectivity index (χ0v) is 14.6. The van der Waals surface area contributed by atoms with Crippen molar-refractivity contribution < 1.29 is 22.1 Å². The Hall–Kier alpha value is -2.05. The molecule has 0 amide bonds.